The molecule has 24 heavy (non-hydrogen) atoms. The first kappa shape index (κ1) is 16.6. The van der Waals surface area contributed by atoms with Crippen LogP contribution in [-0.4, -0.2) is 19.3 Å². The van der Waals surface area contributed by atoms with Gasteiger partial charge in [-0.3, -0.25) is 0 Å². The summed E-state index contributed by atoms with van der Waals surface area (Å²) in [5, 5.41) is 6.88. The number of urea groups is 1. The molecule has 2 aliphatic rings. The zero-order valence-electron chi connectivity index (χ0n) is 12.8. The van der Waals surface area contributed by atoms with E-state index in [4.69, 9.17) is 0 Å². The third kappa shape index (κ3) is 2.80. The molecule has 0 spiro atoms. The lowest BCUT2D eigenvalue weighted by Crippen LogP contribution is -2.59. The molecule has 8 heteroatoms. The first-order valence-electron chi connectivity index (χ1n) is 7.43. The molecular weight excluding hydrogens is 326 g/mol. The van der Waals surface area contributed by atoms with Crippen molar-refractivity contribution < 1.29 is 22.4 Å². The van der Waals surface area contributed by atoms with Gasteiger partial charge in [-0.15, -0.1) is 0 Å². The van der Waals surface area contributed by atoms with Gasteiger partial charge in [-0.2, -0.15) is 13.2 Å². The molecule has 4 nitrogen and oxygen atoms in total. The zero-order valence-corrected chi connectivity index (χ0v) is 12.8. The van der Waals surface area contributed by atoms with Crippen LogP contribution in [0.5, 0.6) is 0 Å². The predicted octanol–water partition coefficient (Wildman–Crippen LogP) is 2.85. The second-order valence-electron chi connectivity index (χ2n) is 5.89. The fourth-order valence-electron chi connectivity index (χ4n) is 2.58. The molecule has 1 atom stereocenters. The van der Waals surface area contributed by atoms with E-state index < -0.39 is 29.1 Å². The van der Waals surface area contributed by atoms with Crippen LogP contribution in [0.4, 0.5) is 28.0 Å². The van der Waals surface area contributed by atoms with Gasteiger partial charge in [0.05, 0.1) is 0 Å². The number of carbonyl (C=O) groups is 1. The maximum absolute atomic E-state index is 14.2. The van der Waals surface area contributed by atoms with E-state index >= 15 is 0 Å². The van der Waals surface area contributed by atoms with Crippen LogP contribution < -0.4 is 16.0 Å². The van der Waals surface area contributed by atoms with Gasteiger partial charge >= 0.3 is 12.2 Å². The minimum Gasteiger partial charge on any atom is -0.316 e. The Hall–Kier alpha value is -2.27. The summed E-state index contributed by atoms with van der Waals surface area (Å²) in [6.45, 7) is 0.120. The number of fused-ring (bicyclic) bond motifs is 1. The third-order valence-electron chi connectivity index (χ3n) is 3.97. The summed E-state index contributed by atoms with van der Waals surface area (Å²) in [7, 11) is 1.58. The molecule has 1 aromatic carbocycles. The molecule has 3 N–H and O–H groups in total. The largest absolute Gasteiger partial charge is 0.427 e. The highest BCUT2D eigenvalue weighted by atomic mass is 19.4. The Morgan fingerprint density at radius 3 is 2.67 bits per heavy atom. The lowest BCUT2D eigenvalue weighted by molar-refractivity contribution is -0.178. The van der Waals surface area contributed by atoms with Gasteiger partial charge in [-0.05, 0) is 32.0 Å². The highest BCUT2D eigenvalue weighted by molar-refractivity contribution is 5.95. The number of amides is 2. The molecule has 1 heterocycles. The summed E-state index contributed by atoms with van der Waals surface area (Å²) in [5.41, 5.74) is -3.27. The topological polar surface area (TPSA) is 53.2 Å². The number of hydrogen-bond acceptors (Lipinski definition) is 2. The summed E-state index contributed by atoms with van der Waals surface area (Å²) in [6.07, 6.45) is -3.43. The molecule has 0 bridgehead atoms. The molecule has 1 fully saturated rings. The van der Waals surface area contributed by atoms with Gasteiger partial charge in [-0.1, -0.05) is 11.8 Å². The fraction of sp³-hybridized carbons (Fsp3) is 0.438. The van der Waals surface area contributed by atoms with Crippen LogP contribution in [0.15, 0.2) is 12.1 Å². The van der Waals surface area contributed by atoms with Crippen LogP contribution in [0.25, 0.3) is 0 Å². The molecule has 2 amide bonds. The number of alkyl halides is 3. The van der Waals surface area contributed by atoms with Crippen molar-refractivity contribution in [3.05, 3.63) is 29.1 Å². The fourth-order valence-corrected chi connectivity index (χ4v) is 2.58. The van der Waals surface area contributed by atoms with Crippen LogP contribution in [0.3, 0.4) is 0 Å². The Morgan fingerprint density at radius 1 is 1.38 bits per heavy atom. The Morgan fingerprint density at radius 2 is 2.08 bits per heavy atom. The SMILES string of the molecule is CNCc1cc2c(cc1F)[C@@](C#CC1CC1)(C(F)(F)F)NC(=O)N2. The Labute approximate surface area is 136 Å². The van der Waals surface area contributed by atoms with Gasteiger partial charge in [0.1, 0.15) is 5.82 Å². The van der Waals surface area contributed by atoms with Crippen LogP contribution >= 0.6 is 0 Å². The van der Waals surface area contributed by atoms with Gasteiger partial charge < -0.3 is 16.0 Å². The quantitative estimate of drug-likeness (QED) is 0.572. The van der Waals surface area contributed by atoms with E-state index in [1.165, 1.54) is 6.07 Å². The van der Waals surface area contributed by atoms with E-state index in [0.717, 1.165) is 18.9 Å². The number of nitrogens with one attached hydrogen (secondary N) is 3. The van der Waals surface area contributed by atoms with Crippen LogP contribution in [0.2, 0.25) is 0 Å². The second kappa shape index (κ2) is 5.67. The molecule has 0 saturated heterocycles. The van der Waals surface area contributed by atoms with E-state index in [-0.39, 0.29) is 23.7 Å². The number of rotatable bonds is 2. The first-order chi connectivity index (χ1) is 11.3. The molecule has 128 valence electrons. The van der Waals surface area contributed by atoms with Crippen molar-refractivity contribution >= 4 is 11.7 Å². The van der Waals surface area contributed by atoms with Gasteiger partial charge in [0.25, 0.3) is 0 Å². The average molecular weight is 341 g/mol. The van der Waals surface area contributed by atoms with Gasteiger partial charge in [0.2, 0.25) is 5.54 Å². The van der Waals surface area contributed by atoms with E-state index in [1.54, 1.807) is 7.05 Å². The van der Waals surface area contributed by atoms with Gasteiger partial charge in [0, 0.05) is 29.3 Å². The molecule has 3 rings (SSSR count). The predicted molar refractivity (Wildman–Crippen MR) is 79.6 cm³/mol. The summed E-state index contributed by atoms with van der Waals surface area (Å²) in [6, 6.07) is 0.981. The molecule has 1 aliphatic heterocycles. The van der Waals surface area contributed by atoms with Crippen molar-refractivity contribution in [2.75, 3.05) is 12.4 Å². The number of anilines is 1. The van der Waals surface area contributed by atoms with E-state index in [1.807, 2.05) is 5.32 Å². The minimum atomic E-state index is -4.89. The molecule has 0 unspecified atom stereocenters. The van der Waals surface area contributed by atoms with Crippen molar-refractivity contribution in [1.29, 1.82) is 0 Å². The molecule has 0 aromatic heterocycles. The van der Waals surface area contributed by atoms with Gasteiger partial charge in [-0.25, -0.2) is 9.18 Å². The summed E-state index contributed by atoms with van der Waals surface area (Å²) in [4.78, 5) is 11.8. The van der Waals surface area contributed by atoms with Crippen LogP contribution in [0, 0.1) is 23.6 Å². The van der Waals surface area contributed by atoms with Crippen LogP contribution in [-0.2, 0) is 12.1 Å². The first-order valence-corrected chi connectivity index (χ1v) is 7.43. The number of benzene rings is 1. The normalized spacial score (nSPS) is 22.8. The van der Waals surface area contributed by atoms with E-state index in [9.17, 15) is 22.4 Å². The van der Waals surface area contributed by atoms with Crippen molar-refractivity contribution in [3.63, 3.8) is 0 Å². The average Bonchev–Trinajstić information content (AvgIpc) is 3.29. The lowest BCUT2D eigenvalue weighted by atomic mass is 9.85. The highest BCUT2D eigenvalue weighted by Gasteiger charge is 2.59. The Kier molecular flexibility index (Phi) is 3.92. The minimum absolute atomic E-state index is 0.0900. The van der Waals surface area contributed by atoms with Crippen molar-refractivity contribution in [2.24, 2.45) is 5.92 Å². The maximum atomic E-state index is 14.2. The molecule has 1 aliphatic carbocycles. The smallest absolute Gasteiger partial charge is 0.316 e. The molecule has 0 radical (unpaired) electrons. The van der Waals surface area contributed by atoms with E-state index in [2.05, 4.69) is 22.5 Å². The lowest BCUT2D eigenvalue weighted by Gasteiger charge is -2.37. The Balaban J connectivity index is 2.19. The summed E-state index contributed by atoms with van der Waals surface area (Å²) in [5.74, 6) is 3.83. The number of hydrogen-bond donors (Lipinski definition) is 3. The summed E-state index contributed by atoms with van der Waals surface area (Å²) >= 11 is 0. The monoisotopic (exact) mass is 341 g/mol. The molecular formula is C16H15F4N3O. The molecule has 1 aromatic rings. The second-order valence-corrected chi connectivity index (χ2v) is 5.89. The van der Waals surface area contributed by atoms with E-state index in [0.29, 0.717) is 0 Å². The third-order valence-corrected chi connectivity index (χ3v) is 3.97. The van der Waals surface area contributed by atoms with Gasteiger partial charge in [0.15, 0.2) is 0 Å². The maximum Gasteiger partial charge on any atom is 0.427 e. The standard InChI is InChI=1S/C16H15F4N3O/c1-21-8-10-6-13-11(7-12(10)17)15(16(18,19)20,23-14(24)22-13)5-4-9-2-3-9/h6-7,9,21H,2-3,8H2,1H3,(H2,22,23,24)/t15-/m0/s1. The number of halogens is 4. The molecule has 1 saturated carbocycles. The highest BCUT2D eigenvalue weighted by Crippen LogP contribution is 2.45. The zero-order chi connectivity index (χ0) is 17.5. The Bertz CT molecular complexity index is 746. The van der Waals surface area contributed by atoms with Crippen molar-refractivity contribution in [3.8, 4) is 11.8 Å². The van der Waals surface area contributed by atoms with Crippen LogP contribution in [0.1, 0.15) is 24.0 Å². The summed E-state index contributed by atoms with van der Waals surface area (Å²) < 4.78 is 55.7. The number of carbonyl (C=O) groups excluding carboxylic acids is 1. The van der Waals surface area contributed by atoms with Crippen molar-refractivity contribution in [2.45, 2.75) is 31.1 Å². The van der Waals surface area contributed by atoms with Crippen molar-refractivity contribution in [1.82, 2.24) is 10.6 Å².